The van der Waals surface area contributed by atoms with Crippen LogP contribution >= 0.6 is 0 Å². The van der Waals surface area contributed by atoms with E-state index in [9.17, 15) is 0 Å². The molecule has 0 aromatic heterocycles. The summed E-state index contributed by atoms with van der Waals surface area (Å²) < 4.78 is 0. The van der Waals surface area contributed by atoms with E-state index < -0.39 is 0 Å². The van der Waals surface area contributed by atoms with Crippen LogP contribution in [0.15, 0.2) is 45.7 Å². The molecule has 2 heteroatoms. The molecule has 0 aliphatic rings. The largest absolute Gasteiger partial charge is 0.266 e. The zero-order valence-corrected chi connectivity index (χ0v) is 14.7. The first-order valence-corrected chi connectivity index (χ1v) is 7.36. The Morgan fingerprint density at radius 2 is 1.50 bits per heavy atom. The molecule has 0 spiro atoms. The van der Waals surface area contributed by atoms with Crippen molar-refractivity contribution < 1.29 is 0 Å². The van der Waals surface area contributed by atoms with Crippen LogP contribution in [-0.2, 0) is 0 Å². The SMILES string of the molecule is C=C(C)/C=C(/C)N=C(C)CC/C(C)=C/N=C(C)C.CC. The summed E-state index contributed by atoms with van der Waals surface area (Å²) in [7, 11) is 0. The topological polar surface area (TPSA) is 24.7 Å². The maximum Gasteiger partial charge on any atom is 0.0374 e. The van der Waals surface area contributed by atoms with Gasteiger partial charge in [-0.1, -0.05) is 31.6 Å². The molecule has 0 heterocycles. The van der Waals surface area contributed by atoms with Gasteiger partial charge in [-0.2, -0.15) is 0 Å². The number of hydrogen-bond acceptors (Lipinski definition) is 2. The van der Waals surface area contributed by atoms with Crippen LogP contribution in [0.1, 0.15) is 68.2 Å². The lowest BCUT2D eigenvalue weighted by atomic mass is 10.1. The van der Waals surface area contributed by atoms with Crippen molar-refractivity contribution in [3.8, 4) is 0 Å². The average molecular weight is 276 g/mol. The summed E-state index contributed by atoms with van der Waals surface area (Å²) in [4.78, 5) is 8.83. The minimum atomic E-state index is 0.974. The highest BCUT2D eigenvalue weighted by Gasteiger charge is 1.95. The molecule has 0 N–H and O–H groups in total. The Labute approximate surface area is 126 Å². The summed E-state index contributed by atoms with van der Waals surface area (Å²) in [5.74, 6) is 0. The van der Waals surface area contributed by atoms with Crippen LogP contribution in [0.5, 0.6) is 0 Å². The Morgan fingerprint density at radius 1 is 0.950 bits per heavy atom. The molecule has 0 aliphatic carbocycles. The summed E-state index contributed by atoms with van der Waals surface area (Å²) in [5.41, 5.74) is 5.57. The molecule has 0 atom stereocenters. The van der Waals surface area contributed by atoms with E-state index >= 15 is 0 Å². The van der Waals surface area contributed by atoms with Gasteiger partial charge in [0.25, 0.3) is 0 Å². The molecular formula is C18H32N2. The minimum Gasteiger partial charge on any atom is -0.266 e. The van der Waals surface area contributed by atoms with Gasteiger partial charge in [-0.25, -0.2) is 0 Å². The standard InChI is InChI=1S/C16H26N2.C2H6/c1-12(2)10-16(7)18-15(6)9-8-14(5)11-17-13(3)4;1-2/h10-11H,1,8-9H2,2-7H3;1-2H3/b14-11+,16-10-,18-15?;. The highest BCUT2D eigenvalue weighted by Crippen LogP contribution is 2.08. The zero-order chi connectivity index (χ0) is 16.1. The fourth-order valence-corrected chi connectivity index (χ4v) is 1.43. The first-order valence-electron chi connectivity index (χ1n) is 7.36. The van der Waals surface area contributed by atoms with Crippen molar-refractivity contribution >= 4 is 11.4 Å². The van der Waals surface area contributed by atoms with Crippen molar-refractivity contribution in [2.75, 3.05) is 0 Å². The molecule has 20 heavy (non-hydrogen) atoms. The summed E-state index contributed by atoms with van der Waals surface area (Å²) in [5, 5.41) is 0. The maximum atomic E-state index is 4.54. The Bertz CT molecular complexity index is 403. The van der Waals surface area contributed by atoms with Crippen molar-refractivity contribution in [2.45, 2.75) is 68.2 Å². The van der Waals surface area contributed by atoms with Gasteiger partial charge < -0.3 is 0 Å². The minimum absolute atomic E-state index is 0.974. The molecule has 0 amide bonds. The van der Waals surface area contributed by atoms with Crippen LogP contribution in [-0.4, -0.2) is 11.4 Å². The Kier molecular flexibility index (Phi) is 13.1. The third-order valence-corrected chi connectivity index (χ3v) is 2.25. The predicted molar refractivity (Wildman–Crippen MR) is 94.8 cm³/mol. The molecule has 2 nitrogen and oxygen atoms in total. The van der Waals surface area contributed by atoms with Crippen LogP contribution in [0.25, 0.3) is 0 Å². The molecule has 0 bridgehead atoms. The fourth-order valence-electron chi connectivity index (χ4n) is 1.43. The lowest BCUT2D eigenvalue weighted by Crippen LogP contribution is -1.93. The van der Waals surface area contributed by atoms with E-state index in [0.717, 1.165) is 35.5 Å². The fraction of sp³-hybridized carbons (Fsp3) is 0.556. The van der Waals surface area contributed by atoms with E-state index in [2.05, 4.69) is 30.4 Å². The summed E-state index contributed by atoms with van der Waals surface area (Å²) in [6.45, 7) is 20.0. The lowest BCUT2D eigenvalue weighted by Gasteiger charge is -2.02. The Hall–Kier alpha value is -1.44. The first-order chi connectivity index (χ1) is 9.31. The van der Waals surface area contributed by atoms with E-state index in [0.29, 0.717) is 0 Å². The number of allylic oxidation sites excluding steroid dienone is 4. The molecule has 0 rings (SSSR count). The lowest BCUT2D eigenvalue weighted by molar-refractivity contribution is 0.993. The molecule has 0 fully saturated rings. The van der Waals surface area contributed by atoms with Gasteiger partial charge in [0.05, 0.1) is 0 Å². The summed E-state index contributed by atoms with van der Waals surface area (Å²) in [6.07, 6.45) is 5.92. The van der Waals surface area contributed by atoms with Crippen molar-refractivity contribution in [1.29, 1.82) is 0 Å². The molecule has 0 radical (unpaired) electrons. The van der Waals surface area contributed by atoms with Crippen LogP contribution < -0.4 is 0 Å². The van der Waals surface area contributed by atoms with E-state index in [1.165, 1.54) is 5.57 Å². The van der Waals surface area contributed by atoms with Crippen LogP contribution in [0, 0.1) is 0 Å². The van der Waals surface area contributed by atoms with Crippen molar-refractivity contribution in [3.05, 3.63) is 35.7 Å². The van der Waals surface area contributed by atoms with Gasteiger partial charge in [-0.3, -0.25) is 9.98 Å². The normalized spacial score (nSPS) is 12.5. The summed E-state index contributed by atoms with van der Waals surface area (Å²) >= 11 is 0. The monoisotopic (exact) mass is 276 g/mol. The van der Waals surface area contributed by atoms with Gasteiger partial charge in [-0.15, -0.1) is 0 Å². The predicted octanol–water partition coefficient (Wildman–Crippen LogP) is 6.12. The molecule has 0 aliphatic heterocycles. The van der Waals surface area contributed by atoms with E-state index in [1.807, 2.05) is 53.8 Å². The average Bonchev–Trinajstić information content (AvgIpc) is 2.35. The number of nitrogens with zero attached hydrogens (tertiary/aromatic N) is 2. The van der Waals surface area contributed by atoms with Gasteiger partial charge >= 0.3 is 0 Å². The quantitative estimate of drug-likeness (QED) is 0.412. The number of hydrogen-bond donors (Lipinski definition) is 0. The highest BCUT2D eigenvalue weighted by molar-refractivity contribution is 5.83. The van der Waals surface area contributed by atoms with Crippen LogP contribution in [0.4, 0.5) is 0 Å². The molecular weight excluding hydrogens is 244 g/mol. The van der Waals surface area contributed by atoms with Crippen LogP contribution in [0.2, 0.25) is 0 Å². The van der Waals surface area contributed by atoms with Gasteiger partial charge in [0, 0.05) is 23.3 Å². The summed E-state index contributed by atoms with van der Waals surface area (Å²) in [6, 6.07) is 0. The first kappa shape index (κ1) is 20.9. The van der Waals surface area contributed by atoms with E-state index in [1.54, 1.807) is 0 Å². The second kappa shape index (κ2) is 12.6. The maximum absolute atomic E-state index is 4.54. The van der Waals surface area contributed by atoms with Crippen molar-refractivity contribution in [1.82, 2.24) is 0 Å². The molecule has 0 aromatic rings. The van der Waals surface area contributed by atoms with E-state index in [-0.39, 0.29) is 0 Å². The Balaban J connectivity index is 0. The third-order valence-electron chi connectivity index (χ3n) is 2.25. The van der Waals surface area contributed by atoms with E-state index in [4.69, 9.17) is 0 Å². The number of aliphatic imine (C=N–C) groups is 2. The second-order valence-electron chi connectivity index (χ2n) is 5.03. The molecule has 0 saturated heterocycles. The van der Waals surface area contributed by atoms with Gasteiger partial charge in [0.1, 0.15) is 0 Å². The van der Waals surface area contributed by atoms with Crippen molar-refractivity contribution in [2.24, 2.45) is 9.98 Å². The third kappa shape index (κ3) is 14.6. The molecule has 0 saturated carbocycles. The second-order valence-corrected chi connectivity index (χ2v) is 5.03. The van der Waals surface area contributed by atoms with Gasteiger partial charge in [-0.05, 0) is 60.5 Å². The highest BCUT2D eigenvalue weighted by atomic mass is 14.7. The smallest absolute Gasteiger partial charge is 0.0374 e. The molecule has 0 unspecified atom stereocenters. The van der Waals surface area contributed by atoms with Crippen molar-refractivity contribution in [3.63, 3.8) is 0 Å². The zero-order valence-electron chi connectivity index (χ0n) is 14.7. The molecule has 0 aromatic carbocycles. The van der Waals surface area contributed by atoms with Gasteiger partial charge in [0.2, 0.25) is 0 Å². The van der Waals surface area contributed by atoms with Crippen LogP contribution in [0.3, 0.4) is 0 Å². The Morgan fingerprint density at radius 3 is 1.95 bits per heavy atom. The van der Waals surface area contributed by atoms with Gasteiger partial charge in [0.15, 0.2) is 0 Å². The number of rotatable bonds is 6. The molecule has 114 valence electrons.